The van der Waals surface area contributed by atoms with Gasteiger partial charge in [-0.05, 0) is 52.0 Å². The second-order valence-corrected chi connectivity index (χ2v) is 8.39. The summed E-state index contributed by atoms with van der Waals surface area (Å²) in [4.78, 5) is 23.5. The molecular weight excluding hydrogens is 436 g/mol. The molecule has 0 saturated carbocycles. The van der Waals surface area contributed by atoms with Crippen molar-refractivity contribution < 1.29 is 28.0 Å². The number of anilines is 1. The van der Waals surface area contributed by atoms with Crippen LogP contribution >= 0.6 is 11.6 Å². The summed E-state index contributed by atoms with van der Waals surface area (Å²) in [6, 6.07) is 10.1. The molecule has 6 nitrogen and oxygen atoms in total. The highest BCUT2D eigenvalue weighted by atomic mass is 35.5. The van der Waals surface area contributed by atoms with Crippen molar-refractivity contribution in [3.63, 3.8) is 0 Å². The quantitative estimate of drug-likeness (QED) is 0.498. The van der Waals surface area contributed by atoms with Gasteiger partial charge >= 0.3 is 7.12 Å². The van der Waals surface area contributed by atoms with E-state index in [-0.39, 0.29) is 12.0 Å². The van der Waals surface area contributed by atoms with Crippen molar-refractivity contribution in [3.8, 4) is 0 Å². The number of amides is 1. The van der Waals surface area contributed by atoms with Gasteiger partial charge in [0.2, 0.25) is 6.10 Å². The molecule has 0 aliphatic carbocycles. The van der Waals surface area contributed by atoms with Crippen LogP contribution in [0.1, 0.15) is 53.2 Å². The largest absolute Gasteiger partial charge is 0.496 e. The molecule has 0 bridgehead atoms. The van der Waals surface area contributed by atoms with Crippen molar-refractivity contribution in [2.24, 2.45) is 0 Å². The van der Waals surface area contributed by atoms with Crippen LogP contribution in [0.25, 0.3) is 0 Å². The van der Waals surface area contributed by atoms with Crippen LogP contribution in [0.3, 0.4) is 0 Å². The van der Waals surface area contributed by atoms with Gasteiger partial charge in [0.25, 0.3) is 12.4 Å². The third kappa shape index (κ3) is 5.68. The summed E-state index contributed by atoms with van der Waals surface area (Å²) in [5, 5.41) is 2.96. The van der Waals surface area contributed by atoms with Crippen LogP contribution in [-0.2, 0) is 23.6 Å². The lowest BCUT2D eigenvalue weighted by Gasteiger charge is -2.32. The lowest BCUT2D eigenvalue weighted by atomic mass is 9.79. The molecule has 1 saturated heterocycles. The van der Waals surface area contributed by atoms with E-state index in [9.17, 15) is 14.0 Å². The molecule has 172 valence electrons. The predicted octanol–water partition coefficient (Wildman–Crippen LogP) is 4.66. The molecule has 0 radical (unpaired) electrons. The molecule has 1 N–H and O–H groups in total. The molecule has 1 amide bonds. The van der Waals surface area contributed by atoms with E-state index in [1.807, 2.05) is 41.5 Å². The normalized spacial score (nSPS) is 17.1. The van der Waals surface area contributed by atoms with E-state index in [0.29, 0.717) is 16.2 Å². The Labute approximate surface area is 193 Å². The van der Waals surface area contributed by atoms with Crippen LogP contribution in [0.5, 0.6) is 0 Å². The van der Waals surface area contributed by atoms with Crippen molar-refractivity contribution in [3.05, 3.63) is 58.9 Å². The summed E-state index contributed by atoms with van der Waals surface area (Å²) >= 11 is 6.41. The van der Waals surface area contributed by atoms with E-state index in [1.165, 1.54) is 18.2 Å². The van der Waals surface area contributed by atoms with E-state index in [4.69, 9.17) is 25.6 Å². The van der Waals surface area contributed by atoms with Gasteiger partial charge in [0.1, 0.15) is 5.82 Å². The first-order chi connectivity index (χ1) is 15.0. The number of hydrogen-bond donors (Lipinski definition) is 1. The zero-order chi connectivity index (χ0) is 24.1. The Morgan fingerprint density at radius 3 is 2.28 bits per heavy atom. The lowest BCUT2D eigenvalue weighted by molar-refractivity contribution is -0.142. The minimum absolute atomic E-state index is 0.142. The zero-order valence-electron chi connectivity index (χ0n) is 19.1. The van der Waals surface area contributed by atoms with Gasteiger partial charge in [-0.3, -0.25) is 9.59 Å². The van der Waals surface area contributed by atoms with Crippen molar-refractivity contribution >= 4 is 42.2 Å². The molecule has 0 aromatic heterocycles. The maximum Gasteiger partial charge on any atom is 0.496 e. The Kier molecular flexibility index (Phi) is 8.45. The van der Waals surface area contributed by atoms with Gasteiger partial charge < -0.3 is 19.4 Å². The fourth-order valence-corrected chi connectivity index (χ4v) is 3.26. The predicted molar refractivity (Wildman–Crippen MR) is 123 cm³/mol. The highest BCUT2D eigenvalue weighted by molar-refractivity contribution is 6.65. The minimum Gasteiger partial charge on any atom is -0.449 e. The molecule has 1 atom stereocenters. The first-order valence-electron chi connectivity index (χ1n) is 10.3. The van der Waals surface area contributed by atoms with E-state index in [2.05, 4.69) is 5.32 Å². The monoisotopic (exact) mass is 463 g/mol. The smallest absolute Gasteiger partial charge is 0.449 e. The molecular formula is C23H28BClFNO5. The maximum absolute atomic E-state index is 13.5. The van der Waals surface area contributed by atoms with Crippen molar-refractivity contribution in [1.29, 1.82) is 0 Å². The Balaban J connectivity index is 0.00000176. The number of rotatable bonds is 6. The van der Waals surface area contributed by atoms with E-state index in [1.54, 1.807) is 18.2 Å². The first kappa shape index (κ1) is 25.8. The Morgan fingerprint density at radius 1 is 1.12 bits per heavy atom. The van der Waals surface area contributed by atoms with Gasteiger partial charge in [-0.15, -0.1) is 0 Å². The zero-order valence-corrected chi connectivity index (χ0v) is 19.8. The van der Waals surface area contributed by atoms with E-state index < -0.39 is 36.1 Å². The number of nitrogens with one attached hydrogen (secondary N) is 1. The third-order valence-electron chi connectivity index (χ3n) is 5.36. The third-order valence-corrected chi connectivity index (χ3v) is 5.68. The average Bonchev–Trinajstić information content (AvgIpc) is 2.94. The molecule has 1 aliphatic rings. The number of benzene rings is 2. The van der Waals surface area contributed by atoms with Crippen molar-refractivity contribution in [2.75, 3.05) is 5.32 Å². The lowest BCUT2D eigenvalue weighted by Crippen LogP contribution is -2.41. The molecule has 1 heterocycles. The Hall–Kier alpha value is -2.42. The molecule has 1 aliphatic heterocycles. The summed E-state index contributed by atoms with van der Waals surface area (Å²) in [6.07, 6.45) is -1.31. The first-order valence-corrected chi connectivity index (χ1v) is 10.7. The average molecular weight is 464 g/mol. The van der Waals surface area contributed by atoms with Crippen molar-refractivity contribution in [1.82, 2.24) is 0 Å². The maximum atomic E-state index is 13.5. The number of carbonyl (C=O) groups excluding carboxylic acids is 2. The summed E-state index contributed by atoms with van der Waals surface area (Å²) < 4.78 is 30.4. The minimum atomic E-state index is -1.31. The van der Waals surface area contributed by atoms with Gasteiger partial charge in [0, 0.05) is 21.7 Å². The van der Waals surface area contributed by atoms with Gasteiger partial charge in [0.05, 0.1) is 11.2 Å². The fraction of sp³-hybridized carbons (Fsp3) is 0.391. The number of ether oxygens (including phenoxy) is 1. The van der Waals surface area contributed by atoms with Gasteiger partial charge in [0.15, 0.2) is 0 Å². The van der Waals surface area contributed by atoms with Crippen molar-refractivity contribution in [2.45, 2.75) is 58.8 Å². The molecule has 9 heteroatoms. The molecule has 32 heavy (non-hydrogen) atoms. The van der Waals surface area contributed by atoms with Gasteiger partial charge in [-0.1, -0.05) is 43.6 Å². The molecule has 2 aromatic rings. The summed E-state index contributed by atoms with van der Waals surface area (Å²) in [7, 11) is -0.648. The summed E-state index contributed by atoms with van der Waals surface area (Å²) in [6.45, 7) is 11.9. The topological polar surface area (TPSA) is 73.9 Å². The number of halogens is 2. The molecule has 0 spiro atoms. The SMILES string of the molecule is CC.CC1(C)OB(c2ccc(NC(=O)C(OC=O)c3cccc(F)c3)cc2Cl)OC1(C)C. The van der Waals surface area contributed by atoms with Crippen LogP contribution in [-0.4, -0.2) is 30.7 Å². The van der Waals surface area contributed by atoms with Crippen LogP contribution in [0.2, 0.25) is 5.02 Å². The fourth-order valence-electron chi connectivity index (χ4n) is 2.99. The van der Waals surface area contributed by atoms with Gasteiger partial charge in [-0.2, -0.15) is 0 Å². The van der Waals surface area contributed by atoms with Crippen LogP contribution < -0.4 is 10.8 Å². The molecule has 3 rings (SSSR count). The van der Waals surface area contributed by atoms with Crippen LogP contribution in [0.4, 0.5) is 10.1 Å². The molecule has 1 fully saturated rings. The Morgan fingerprint density at radius 2 is 1.75 bits per heavy atom. The Bertz CT molecular complexity index is 953. The number of hydrogen-bond acceptors (Lipinski definition) is 5. The summed E-state index contributed by atoms with van der Waals surface area (Å²) in [5.74, 6) is -1.19. The molecule has 2 aromatic carbocycles. The molecule has 1 unspecified atom stereocenters. The second kappa shape index (κ2) is 10.5. The summed E-state index contributed by atoms with van der Waals surface area (Å²) in [5.41, 5.74) is 0.177. The van der Waals surface area contributed by atoms with E-state index >= 15 is 0 Å². The second-order valence-electron chi connectivity index (χ2n) is 7.98. The highest BCUT2D eigenvalue weighted by Gasteiger charge is 2.52. The standard InChI is InChI=1S/C21H22BClFNO5.C2H6/c1-20(2)21(3,4)30-22(29-20)16-9-8-15(11-17(16)23)25-19(27)18(28-12-26)13-6-5-7-14(24)10-13;1-2/h5-12,18H,1-4H3,(H,25,27);1-2H3. The van der Waals surface area contributed by atoms with Crippen LogP contribution in [0.15, 0.2) is 42.5 Å². The number of carbonyl (C=O) groups is 2. The highest BCUT2D eigenvalue weighted by Crippen LogP contribution is 2.37. The van der Waals surface area contributed by atoms with E-state index in [0.717, 1.165) is 6.07 Å². The van der Waals surface area contributed by atoms with Gasteiger partial charge in [-0.25, -0.2) is 4.39 Å². The van der Waals surface area contributed by atoms with Crippen LogP contribution in [0, 0.1) is 5.82 Å².